The number of carbonyl (C=O) groups excluding carboxylic acids is 1. The van der Waals surface area contributed by atoms with Gasteiger partial charge in [0, 0.05) is 22.7 Å². The van der Waals surface area contributed by atoms with Crippen LogP contribution in [0.4, 0.5) is 0 Å². The number of nitrogens with one attached hydrogen (secondary N) is 1. The maximum Gasteiger partial charge on any atom is 0.271 e. The molecule has 0 saturated heterocycles. The number of thiol groups is 1. The van der Waals surface area contributed by atoms with E-state index in [1.807, 2.05) is 6.92 Å². The number of thiazole rings is 1. The summed E-state index contributed by atoms with van der Waals surface area (Å²) in [5.41, 5.74) is 2.82. The lowest BCUT2D eigenvalue weighted by Gasteiger charge is -2.08. The Labute approximate surface area is 128 Å². The second-order valence-corrected chi connectivity index (χ2v) is 5.87. The van der Waals surface area contributed by atoms with Gasteiger partial charge in [-0.2, -0.15) is 12.6 Å². The average molecular weight is 306 g/mol. The fourth-order valence-corrected chi connectivity index (χ4v) is 2.63. The van der Waals surface area contributed by atoms with Gasteiger partial charge in [0.15, 0.2) is 0 Å². The molecule has 1 N–H and O–H groups in total. The van der Waals surface area contributed by atoms with Crippen LogP contribution in [0, 0.1) is 0 Å². The molecule has 1 heterocycles. The summed E-state index contributed by atoms with van der Waals surface area (Å²) in [4.78, 5) is 16.4. The normalized spacial score (nSPS) is 12.2. The van der Waals surface area contributed by atoms with Crippen molar-refractivity contribution in [2.24, 2.45) is 0 Å². The van der Waals surface area contributed by atoms with Gasteiger partial charge in [-0.3, -0.25) is 4.79 Å². The molecule has 2 aromatic rings. The predicted molar refractivity (Wildman–Crippen MR) is 87.7 cm³/mol. The molecule has 1 aromatic carbocycles. The summed E-state index contributed by atoms with van der Waals surface area (Å²) >= 11 is 5.64. The first-order valence-corrected chi connectivity index (χ1v) is 8.11. The fourth-order valence-electron chi connectivity index (χ4n) is 1.74. The van der Waals surface area contributed by atoms with Gasteiger partial charge in [0.05, 0.1) is 0 Å². The van der Waals surface area contributed by atoms with Gasteiger partial charge < -0.3 is 5.32 Å². The highest BCUT2D eigenvalue weighted by Crippen LogP contribution is 2.24. The third-order valence-corrected chi connectivity index (χ3v) is 4.44. The van der Waals surface area contributed by atoms with E-state index in [-0.39, 0.29) is 11.9 Å². The molecule has 0 radical (unpaired) electrons. The Hall–Kier alpha value is -1.33. The first-order valence-electron chi connectivity index (χ1n) is 6.60. The van der Waals surface area contributed by atoms with Crippen LogP contribution < -0.4 is 5.32 Å². The van der Waals surface area contributed by atoms with Crippen LogP contribution in [-0.4, -0.2) is 22.7 Å². The Kier molecular flexibility index (Phi) is 5.20. The zero-order valence-electron chi connectivity index (χ0n) is 11.6. The number of amides is 1. The number of nitrogens with zero attached hydrogens (tertiary/aromatic N) is 1. The Morgan fingerprint density at radius 1 is 1.40 bits per heavy atom. The number of carbonyl (C=O) groups is 1. The molecule has 2 rings (SSSR count). The lowest BCUT2D eigenvalue weighted by Crippen LogP contribution is -2.33. The highest BCUT2D eigenvalue weighted by Gasteiger charge is 2.13. The first kappa shape index (κ1) is 15.1. The SMILES string of the molecule is CCc1ccc(-c2nc(C(=O)NC(C)CS)cs2)cc1. The van der Waals surface area contributed by atoms with Gasteiger partial charge in [0.25, 0.3) is 5.91 Å². The van der Waals surface area contributed by atoms with Crippen LogP contribution in [0.25, 0.3) is 10.6 Å². The maximum absolute atomic E-state index is 12.0. The highest BCUT2D eigenvalue weighted by molar-refractivity contribution is 7.80. The third-order valence-electron chi connectivity index (χ3n) is 3.00. The minimum atomic E-state index is -0.140. The van der Waals surface area contributed by atoms with E-state index in [0.717, 1.165) is 17.0 Å². The molecule has 0 spiro atoms. The summed E-state index contributed by atoms with van der Waals surface area (Å²) < 4.78 is 0. The van der Waals surface area contributed by atoms with Gasteiger partial charge in [-0.1, -0.05) is 31.2 Å². The molecular formula is C15H18N2OS2. The van der Waals surface area contributed by atoms with E-state index in [1.54, 1.807) is 5.38 Å². The van der Waals surface area contributed by atoms with Crippen LogP contribution in [0.15, 0.2) is 29.6 Å². The molecule has 1 aromatic heterocycles. The Morgan fingerprint density at radius 3 is 2.70 bits per heavy atom. The number of hydrogen-bond donors (Lipinski definition) is 2. The van der Waals surface area contributed by atoms with Crippen LogP contribution >= 0.6 is 24.0 Å². The molecule has 106 valence electrons. The van der Waals surface area contributed by atoms with Crippen LogP contribution in [-0.2, 0) is 6.42 Å². The number of hydrogen-bond acceptors (Lipinski definition) is 4. The minimum Gasteiger partial charge on any atom is -0.347 e. The van der Waals surface area contributed by atoms with Crippen LogP contribution in [0.2, 0.25) is 0 Å². The Morgan fingerprint density at radius 2 is 2.10 bits per heavy atom. The van der Waals surface area contributed by atoms with Crippen LogP contribution in [0.3, 0.4) is 0 Å². The number of benzene rings is 1. The summed E-state index contributed by atoms with van der Waals surface area (Å²) in [5.74, 6) is 0.473. The van der Waals surface area contributed by atoms with Gasteiger partial charge in [-0.25, -0.2) is 4.98 Å². The topological polar surface area (TPSA) is 42.0 Å². The standard InChI is InChI=1S/C15H18N2OS2/c1-3-11-4-6-12(7-5-11)15-17-13(9-20-15)14(18)16-10(2)8-19/h4-7,9-10,19H,3,8H2,1-2H3,(H,16,18). The molecule has 1 amide bonds. The van der Waals surface area contributed by atoms with Crippen molar-refractivity contribution in [1.29, 1.82) is 0 Å². The molecule has 0 saturated carbocycles. The summed E-state index contributed by atoms with van der Waals surface area (Å²) in [6.07, 6.45) is 1.02. The van der Waals surface area contributed by atoms with Crippen molar-refractivity contribution in [2.75, 3.05) is 5.75 Å². The molecule has 0 aliphatic rings. The predicted octanol–water partition coefficient (Wildman–Crippen LogP) is 3.42. The van der Waals surface area contributed by atoms with Crippen molar-refractivity contribution >= 4 is 29.9 Å². The second-order valence-electron chi connectivity index (χ2n) is 4.65. The van der Waals surface area contributed by atoms with Crippen molar-refractivity contribution in [1.82, 2.24) is 10.3 Å². The first-order chi connectivity index (χ1) is 9.63. The minimum absolute atomic E-state index is 0.0415. The largest absolute Gasteiger partial charge is 0.347 e. The van der Waals surface area contributed by atoms with Crippen LogP contribution in [0.5, 0.6) is 0 Å². The second kappa shape index (κ2) is 6.90. The van der Waals surface area contributed by atoms with Crippen molar-refractivity contribution in [3.63, 3.8) is 0 Å². The number of aryl methyl sites for hydroxylation is 1. The van der Waals surface area contributed by atoms with Crippen molar-refractivity contribution in [3.05, 3.63) is 40.9 Å². The van der Waals surface area contributed by atoms with Gasteiger partial charge in [0.1, 0.15) is 10.7 Å². The number of rotatable bonds is 5. The van der Waals surface area contributed by atoms with Crippen molar-refractivity contribution < 1.29 is 4.79 Å². The molecular weight excluding hydrogens is 288 g/mol. The highest BCUT2D eigenvalue weighted by atomic mass is 32.1. The number of aromatic nitrogens is 1. The van der Waals surface area contributed by atoms with Gasteiger partial charge in [-0.15, -0.1) is 11.3 Å². The fraction of sp³-hybridized carbons (Fsp3) is 0.333. The monoisotopic (exact) mass is 306 g/mol. The third kappa shape index (κ3) is 3.61. The van der Waals surface area contributed by atoms with Crippen molar-refractivity contribution in [2.45, 2.75) is 26.3 Å². The zero-order valence-corrected chi connectivity index (χ0v) is 13.3. The quantitative estimate of drug-likeness (QED) is 0.831. The average Bonchev–Trinajstić information content (AvgIpc) is 2.97. The molecule has 20 heavy (non-hydrogen) atoms. The maximum atomic E-state index is 12.0. The summed E-state index contributed by atoms with van der Waals surface area (Å²) in [6, 6.07) is 8.34. The molecule has 5 heteroatoms. The molecule has 3 nitrogen and oxygen atoms in total. The van der Waals surface area contributed by atoms with Gasteiger partial charge in [-0.05, 0) is 18.9 Å². The van der Waals surface area contributed by atoms with Gasteiger partial charge >= 0.3 is 0 Å². The zero-order chi connectivity index (χ0) is 14.5. The molecule has 0 bridgehead atoms. The van der Waals surface area contributed by atoms with E-state index in [0.29, 0.717) is 11.4 Å². The lowest BCUT2D eigenvalue weighted by molar-refractivity contribution is 0.0939. The summed E-state index contributed by atoms with van der Waals surface area (Å²) in [5, 5.41) is 5.52. The molecule has 1 atom stereocenters. The Balaban J connectivity index is 2.13. The van der Waals surface area contributed by atoms with E-state index >= 15 is 0 Å². The Bertz CT molecular complexity index is 578. The molecule has 0 aliphatic heterocycles. The lowest BCUT2D eigenvalue weighted by atomic mass is 10.1. The molecule has 1 unspecified atom stereocenters. The summed E-state index contributed by atoms with van der Waals surface area (Å²) in [7, 11) is 0. The molecule has 0 fully saturated rings. The summed E-state index contributed by atoms with van der Waals surface area (Å²) in [6.45, 7) is 4.05. The van der Waals surface area contributed by atoms with E-state index in [2.05, 4.69) is 54.1 Å². The van der Waals surface area contributed by atoms with Gasteiger partial charge in [0.2, 0.25) is 0 Å². The van der Waals surface area contributed by atoms with Crippen molar-refractivity contribution in [3.8, 4) is 10.6 Å². The van der Waals surface area contributed by atoms with E-state index in [9.17, 15) is 4.79 Å². The van der Waals surface area contributed by atoms with E-state index in [1.165, 1.54) is 16.9 Å². The molecule has 0 aliphatic carbocycles. The smallest absolute Gasteiger partial charge is 0.271 e. The van der Waals surface area contributed by atoms with E-state index in [4.69, 9.17) is 0 Å². The van der Waals surface area contributed by atoms with E-state index < -0.39 is 0 Å². The van der Waals surface area contributed by atoms with Crippen LogP contribution in [0.1, 0.15) is 29.9 Å².